The van der Waals surface area contributed by atoms with Crippen LogP contribution in [0.4, 0.5) is 5.69 Å². The maximum atomic E-state index is 10.9. The van der Waals surface area contributed by atoms with E-state index >= 15 is 0 Å². The van der Waals surface area contributed by atoms with Crippen molar-refractivity contribution in [3.05, 3.63) is 23.8 Å². The minimum absolute atomic E-state index is 0.138. The van der Waals surface area contributed by atoms with Crippen LogP contribution in [0.5, 0.6) is 5.75 Å². The molecule has 1 rings (SSSR count). The maximum absolute atomic E-state index is 10.9. The number of nitrogens with one attached hydrogen (secondary N) is 1. The Morgan fingerprint density at radius 1 is 1.35 bits per heavy atom. The molecule has 0 bridgehead atoms. The Morgan fingerprint density at radius 3 is 2.47 bits per heavy atom. The smallest absolute Gasteiger partial charge is 0.221 e. The van der Waals surface area contributed by atoms with E-state index in [-0.39, 0.29) is 11.7 Å². The standard InChI is InChI=1S/C13H20N2O2/c1-4-15(5-2)9-11-6-7-12(8-13(11)17)14-10(3)16/h6-8,17H,4-5,9H2,1-3H3,(H,14,16). The lowest BCUT2D eigenvalue weighted by atomic mass is 10.1. The third-order valence-corrected chi connectivity index (χ3v) is 2.69. The van der Waals surface area contributed by atoms with Crippen molar-refractivity contribution in [2.45, 2.75) is 27.3 Å². The molecule has 2 N–H and O–H groups in total. The average Bonchev–Trinajstić information content (AvgIpc) is 2.27. The molecule has 17 heavy (non-hydrogen) atoms. The fraction of sp³-hybridized carbons (Fsp3) is 0.462. The predicted molar refractivity (Wildman–Crippen MR) is 69.0 cm³/mol. The third kappa shape index (κ3) is 4.07. The summed E-state index contributed by atoms with van der Waals surface area (Å²) >= 11 is 0. The van der Waals surface area contributed by atoms with E-state index in [2.05, 4.69) is 24.1 Å². The number of nitrogens with zero attached hydrogens (tertiary/aromatic N) is 1. The number of hydrogen-bond acceptors (Lipinski definition) is 3. The van der Waals surface area contributed by atoms with Crippen molar-refractivity contribution in [1.82, 2.24) is 4.90 Å². The lowest BCUT2D eigenvalue weighted by Crippen LogP contribution is -2.22. The lowest BCUT2D eigenvalue weighted by molar-refractivity contribution is -0.114. The Hall–Kier alpha value is -1.55. The Morgan fingerprint density at radius 2 is 2.00 bits per heavy atom. The number of benzene rings is 1. The summed E-state index contributed by atoms with van der Waals surface area (Å²) in [6.07, 6.45) is 0. The zero-order valence-corrected chi connectivity index (χ0v) is 10.7. The van der Waals surface area contributed by atoms with E-state index in [1.54, 1.807) is 12.1 Å². The van der Waals surface area contributed by atoms with E-state index in [0.717, 1.165) is 25.2 Å². The molecule has 4 heteroatoms. The van der Waals surface area contributed by atoms with Gasteiger partial charge in [0, 0.05) is 30.8 Å². The third-order valence-electron chi connectivity index (χ3n) is 2.69. The SMILES string of the molecule is CCN(CC)Cc1ccc(NC(C)=O)cc1O. The number of anilines is 1. The Kier molecular flexibility index (Phi) is 4.97. The molecule has 0 aliphatic rings. The molecule has 0 radical (unpaired) electrons. The van der Waals surface area contributed by atoms with Gasteiger partial charge in [0.1, 0.15) is 5.75 Å². The van der Waals surface area contributed by atoms with Crippen LogP contribution in [0.15, 0.2) is 18.2 Å². The Balaban J connectivity index is 2.78. The van der Waals surface area contributed by atoms with Crippen molar-refractivity contribution >= 4 is 11.6 Å². The second-order valence-electron chi connectivity index (χ2n) is 3.99. The summed E-state index contributed by atoms with van der Waals surface area (Å²) in [5, 5.41) is 12.5. The van der Waals surface area contributed by atoms with Gasteiger partial charge in [0.15, 0.2) is 0 Å². The molecule has 0 aliphatic carbocycles. The molecule has 1 aromatic carbocycles. The zero-order valence-electron chi connectivity index (χ0n) is 10.7. The molecule has 0 aliphatic heterocycles. The van der Waals surface area contributed by atoms with Crippen LogP contribution >= 0.6 is 0 Å². The number of carbonyl (C=O) groups is 1. The first kappa shape index (κ1) is 13.5. The lowest BCUT2D eigenvalue weighted by Gasteiger charge is -2.19. The van der Waals surface area contributed by atoms with E-state index in [4.69, 9.17) is 0 Å². The van der Waals surface area contributed by atoms with Crippen molar-refractivity contribution in [2.75, 3.05) is 18.4 Å². The van der Waals surface area contributed by atoms with Gasteiger partial charge in [-0.2, -0.15) is 0 Å². The zero-order chi connectivity index (χ0) is 12.8. The van der Waals surface area contributed by atoms with Crippen molar-refractivity contribution in [1.29, 1.82) is 0 Å². The van der Waals surface area contributed by atoms with E-state index in [9.17, 15) is 9.90 Å². The van der Waals surface area contributed by atoms with Crippen LogP contribution in [0.1, 0.15) is 26.3 Å². The molecule has 0 unspecified atom stereocenters. The number of rotatable bonds is 5. The molecular weight excluding hydrogens is 216 g/mol. The van der Waals surface area contributed by atoms with Crippen LogP contribution in [0.3, 0.4) is 0 Å². The fourth-order valence-corrected chi connectivity index (χ4v) is 1.67. The molecule has 0 atom stereocenters. The van der Waals surface area contributed by atoms with Crippen LogP contribution in [0, 0.1) is 0 Å². The highest BCUT2D eigenvalue weighted by molar-refractivity contribution is 5.88. The molecule has 0 heterocycles. The second-order valence-corrected chi connectivity index (χ2v) is 3.99. The molecule has 0 saturated carbocycles. The predicted octanol–water partition coefficient (Wildman–Crippen LogP) is 2.19. The molecule has 94 valence electrons. The van der Waals surface area contributed by atoms with Gasteiger partial charge in [-0.3, -0.25) is 9.69 Å². The van der Waals surface area contributed by atoms with Crippen molar-refractivity contribution in [3.8, 4) is 5.75 Å². The molecule has 0 fully saturated rings. The van der Waals surface area contributed by atoms with Gasteiger partial charge in [-0.25, -0.2) is 0 Å². The van der Waals surface area contributed by atoms with Crippen molar-refractivity contribution in [3.63, 3.8) is 0 Å². The van der Waals surface area contributed by atoms with E-state index in [1.807, 2.05) is 6.07 Å². The number of amides is 1. The first-order chi connectivity index (χ1) is 8.06. The second kappa shape index (κ2) is 6.25. The fourth-order valence-electron chi connectivity index (χ4n) is 1.67. The van der Waals surface area contributed by atoms with Crippen LogP contribution < -0.4 is 5.32 Å². The van der Waals surface area contributed by atoms with Gasteiger partial charge < -0.3 is 10.4 Å². The van der Waals surface area contributed by atoms with E-state index in [1.165, 1.54) is 6.92 Å². The number of phenolic OH excluding ortho intramolecular Hbond substituents is 1. The topological polar surface area (TPSA) is 52.6 Å². The highest BCUT2D eigenvalue weighted by Gasteiger charge is 2.07. The van der Waals surface area contributed by atoms with Gasteiger partial charge in [0.2, 0.25) is 5.91 Å². The van der Waals surface area contributed by atoms with E-state index in [0.29, 0.717) is 5.69 Å². The molecule has 0 aromatic heterocycles. The molecular formula is C13H20N2O2. The molecule has 0 saturated heterocycles. The summed E-state index contributed by atoms with van der Waals surface area (Å²) in [6.45, 7) is 8.24. The monoisotopic (exact) mass is 236 g/mol. The van der Waals surface area contributed by atoms with Crippen LogP contribution in [-0.4, -0.2) is 29.0 Å². The quantitative estimate of drug-likeness (QED) is 0.824. The number of carbonyl (C=O) groups excluding carboxylic acids is 1. The summed E-state index contributed by atoms with van der Waals surface area (Å²) in [5.41, 5.74) is 1.50. The molecule has 1 aromatic rings. The normalized spacial score (nSPS) is 10.6. The highest BCUT2D eigenvalue weighted by Crippen LogP contribution is 2.23. The first-order valence-electron chi connectivity index (χ1n) is 5.88. The van der Waals surface area contributed by atoms with Gasteiger partial charge in [-0.05, 0) is 19.2 Å². The number of phenols is 1. The Labute approximate surface area is 102 Å². The minimum atomic E-state index is -0.138. The number of hydrogen-bond donors (Lipinski definition) is 2. The largest absolute Gasteiger partial charge is 0.508 e. The average molecular weight is 236 g/mol. The molecule has 1 amide bonds. The summed E-state index contributed by atoms with van der Waals surface area (Å²) < 4.78 is 0. The summed E-state index contributed by atoms with van der Waals surface area (Å²) in [7, 11) is 0. The molecule has 4 nitrogen and oxygen atoms in total. The van der Waals surface area contributed by atoms with Crippen molar-refractivity contribution < 1.29 is 9.90 Å². The minimum Gasteiger partial charge on any atom is -0.508 e. The van der Waals surface area contributed by atoms with Crippen molar-refractivity contribution in [2.24, 2.45) is 0 Å². The number of aromatic hydroxyl groups is 1. The van der Waals surface area contributed by atoms with Gasteiger partial charge in [-0.15, -0.1) is 0 Å². The summed E-state index contributed by atoms with van der Waals surface area (Å²) in [6, 6.07) is 5.24. The van der Waals surface area contributed by atoms with Gasteiger partial charge >= 0.3 is 0 Å². The summed E-state index contributed by atoms with van der Waals surface area (Å²) in [5.74, 6) is 0.0871. The highest BCUT2D eigenvalue weighted by atomic mass is 16.3. The van der Waals surface area contributed by atoms with E-state index < -0.39 is 0 Å². The van der Waals surface area contributed by atoms with Gasteiger partial charge in [0.25, 0.3) is 0 Å². The Bertz CT molecular complexity index is 387. The van der Waals surface area contributed by atoms with Crippen LogP contribution in [0.25, 0.3) is 0 Å². The summed E-state index contributed by atoms with van der Waals surface area (Å²) in [4.78, 5) is 13.1. The van der Waals surface area contributed by atoms with Crippen LogP contribution in [-0.2, 0) is 11.3 Å². The van der Waals surface area contributed by atoms with Gasteiger partial charge in [-0.1, -0.05) is 19.9 Å². The van der Waals surface area contributed by atoms with Crippen LogP contribution in [0.2, 0.25) is 0 Å². The molecule has 0 spiro atoms. The maximum Gasteiger partial charge on any atom is 0.221 e. The van der Waals surface area contributed by atoms with Gasteiger partial charge in [0.05, 0.1) is 0 Å². The first-order valence-corrected chi connectivity index (χ1v) is 5.88.